The van der Waals surface area contributed by atoms with Crippen molar-refractivity contribution in [2.75, 3.05) is 12.4 Å². The van der Waals surface area contributed by atoms with Crippen LogP contribution in [0.5, 0.6) is 5.75 Å². The Morgan fingerprint density at radius 3 is 2.60 bits per heavy atom. The lowest BCUT2D eigenvalue weighted by atomic mass is 10.0. The second-order valence-electron chi connectivity index (χ2n) is 5.12. The summed E-state index contributed by atoms with van der Waals surface area (Å²) in [5.74, 6) is 1.49. The number of rotatable bonds is 5. The summed E-state index contributed by atoms with van der Waals surface area (Å²) in [5.41, 5.74) is 1.20. The smallest absolute Gasteiger partial charge is 0.257 e. The largest absolute Gasteiger partial charge is 0.497 e. The SMILES string of the molecule is COc1ccc(C(=Cc2ccco2)C(=O)Nc2ccc(Br)cn2)cc1. The predicted molar refractivity (Wildman–Crippen MR) is 100 cm³/mol. The number of halogens is 1. The first kappa shape index (κ1) is 17.0. The van der Waals surface area contributed by atoms with Gasteiger partial charge in [0.2, 0.25) is 0 Å². The van der Waals surface area contributed by atoms with Crippen molar-refractivity contribution in [2.24, 2.45) is 0 Å². The fourth-order valence-electron chi connectivity index (χ4n) is 2.20. The van der Waals surface area contributed by atoms with Crippen molar-refractivity contribution >= 4 is 39.3 Å². The van der Waals surface area contributed by atoms with E-state index in [1.165, 1.54) is 0 Å². The van der Waals surface area contributed by atoms with Gasteiger partial charge in [-0.2, -0.15) is 0 Å². The van der Waals surface area contributed by atoms with Gasteiger partial charge in [0.1, 0.15) is 17.3 Å². The molecule has 0 bridgehead atoms. The molecule has 0 radical (unpaired) electrons. The van der Waals surface area contributed by atoms with Crippen molar-refractivity contribution in [3.8, 4) is 5.75 Å². The molecule has 0 saturated carbocycles. The number of nitrogens with one attached hydrogen (secondary N) is 1. The number of carbonyl (C=O) groups excluding carboxylic acids is 1. The van der Waals surface area contributed by atoms with Crippen LogP contribution in [-0.2, 0) is 4.79 Å². The van der Waals surface area contributed by atoms with Crippen LogP contribution >= 0.6 is 15.9 Å². The lowest BCUT2D eigenvalue weighted by Crippen LogP contribution is -2.14. The number of nitrogens with zero attached hydrogens (tertiary/aromatic N) is 1. The second-order valence-corrected chi connectivity index (χ2v) is 6.03. The molecule has 126 valence electrons. The molecular formula is C19H15BrN2O3. The number of benzene rings is 1. The average molecular weight is 399 g/mol. The molecule has 0 fully saturated rings. The van der Waals surface area contributed by atoms with Gasteiger partial charge in [0.05, 0.1) is 18.9 Å². The van der Waals surface area contributed by atoms with Gasteiger partial charge in [0.25, 0.3) is 5.91 Å². The quantitative estimate of drug-likeness (QED) is 0.636. The number of anilines is 1. The number of aromatic nitrogens is 1. The van der Waals surface area contributed by atoms with E-state index in [1.807, 2.05) is 18.2 Å². The van der Waals surface area contributed by atoms with E-state index in [1.54, 1.807) is 56.0 Å². The van der Waals surface area contributed by atoms with E-state index in [0.29, 0.717) is 17.2 Å². The standard InChI is InChI=1S/C19H15BrN2O3/c1-24-15-7-4-13(5-8-15)17(11-16-3-2-10-25-16)19(23)22-18-9-6-14(20)12-21-18/h2-12H,1H3,(H,21,22,23). The fourth-order valence-corrected chi connectivity index (χ4v) is 2.43. The van der Waals surface area contributed by atoms with Crippen LogP contribution in [-0.4, -0.2) is 18.0 Å². The highest BCUT2D eigenvalue weighted by atomic mass is 79.9. The summed E-state index contributed by atoms with van der Waals surface area (Å²) >= 11 is 3.32. The van der Waals surface area contributed by atoms with E-state index >= 15 is 0 Å². The zero-order valence-electron chi connectivity index (χ0n) is 13.4. The summed E-state index contributed by atoms with van der Waals surface area (Å²) in [5, 5.41) is 2.80. The number of ether oxygens (including phenoxy) is 1. The van der Waals surface area contributed by atoms with Crippen molar-refractivity contribution < 1.29 is 13.9 Å². The first-order valence-electron chi connectivity index (χ1n) is 7.48. The normalized spacial score (nSPS) is 11.2. The van der Waals surface area contributed by atoms with Crippen LogP contribution in [0.25, 0.3) is 11.6 Å². The number of hydrogen-bond donors (Lipinski definition) is 1. The van der Waals surface area contributed by atoms with Crippen LogP contribution in [0.1, 0.15) is 11.3 Å². The third-order valence-electron chi connectivity index (χ3n) is 3.44. The summed E-state index contributed by atoms with van der Waals surface area (Å²) in [4.78, 5) is 16.9. The molecule has 25 heavy (non-hydrogen) atoms. The maximum atomic E-state index is 12.8. The molecule has 5 nitrogen and oxygen atoms in total. The van der Waals surface area contributed by atoms with Gasteiger partial charge in [-0.1, -0.05) is 12.1 Å². The molecule has 0 atom stereocenters. The van der Waals surface area contributed by atoms with Gasteiger partial charge in [0, 0.05) is 10.7 Å². The molecule has 6 heteroatoms. The highest BCUT2D eigenvalue weighted by Gasteiger charge is 2.14. The van der Waals surface area contributed by atoms with Gasteiger partial charge in [-0.25, -0.2) is 4.98 Å². The van der Waals surface area contributed by atoms with Crippen LogP contribution < -0.4 is 10.1 Å². The zero-order valence-corrected chi connectivity index (χ0v) is 15.0. The molecule has 2 aromatic heterocycles. The molecule has 0 aliphatic heterocycles. The van der Waals surface area contributed by atoms with E-state index in [4.69, 9.17) is 9.15 Å². The number of pyridine rings is 1. The van der Waals surface area contributed by atoms with Gasteiger partial charge in [0.15, 0.2) is 0 Å². The van der Waals surface area contributed by atoms with Crippen LogP contribution in [0.3, 0.4) is 0 Å². The topological polar surface area (TPSA) is 64.4 Å². The van der Waals surface area contributed by atoms with Crippen LogP contribution in [0.4, 0.5) is 5.82 Å². The summed E-state index contributed by atoms with van der Waals surface area (Å²) in [6.45, 7) is 0. The summed E-state index contributed by atoms with van der Waals surface area (Å²) in [6, 6.07) is 14.3. The van der Waals surface area contributed by atoms with Crippen molar-refractivity contribution in [3.05, 3.63) is 76.8 Å². The van der Waals surface area contributed by atoms with E-state index in [9.17, 15) is 4.79 Å². The van der Waals surface area contributed by atoms with E-state index in [-0.39, 0.29) is 5.91 Å². The first-order chi connectivity index (χ1) is 12.2. The van der Waals surface area contributed by atoms with Crippen molar-refractivity contribution in [2.45, 2.75) is 0 Å². The van der Waals surface area contributed by atoms with Crippen molar-refractivity contribution in [1.29, 1.82) is 0 Å². The molecular weight excluding hydrogens is 384 g/mol. The van der Waals surface area contributed by atoms with Crippen LogP contribution in [0.2, 0.25) is 0 Å². The minimum Gasteiger partial charge on any atom is -0.497 e. The van der Waals surface area contributed by atoms with Gasteiger partial charge < -0.3 is 14.5 Å². The molecule has 1 aromatic carbocycles. The number of hydrogen-bond acceptors (Lipinski definition) is 4. The molecule has 0 unspecified atom stereocenters. The Morgan fingerprint density at radius 1 is 1.20 bits per heavy atom. The van der Waals surface area contributed by atoms with Gasteiger partial charge in [-0.3, -0.25) is 4.79 Å². The van der Waals surface area contributed by atoms with E-state index in [2.05, 4.69) is 26.2 Å². The summed E-state index contributed by atoms with van der Waals surface area (Å²) in [7, 11) is 1.60. The zero-order chi connectivity index (χ0) is 17.6. The highest BCUT2D eigenvalue weighted by molar-refractivity contribution is 9.10. The third-order valence-corrected chi connectivity index (χ3v) is 3.91. The molecule has 0 saturated heterocycles. The third kappa shape index (κ3) is 4.36. The molecule has 0 spiro atoms. The Labute approximate surface area is 153 Å². The number of methoxy groups -OCH3 is 1. The maximum Gasteiger partial charge on any atom is 0.257 e. The average Bonchev–Trinajstić information content (AvgIpc) is 3.15. The summed E-state index contributed by atoms with van der Waals surface area (Å²) in [6.07, 6.45) is 4.88. The lowest BCUT2D eigenvalue weighted by molar-refractivity contribution is -0.111. The fraction of sp³-hybridized carbons (Fsp3) is 0.0526. The Bertz CT molecular complexity index is 870. The van der Waals surface area contributed by atoms with E-state index in [0.717, 1.165) is 15.8 Å². The van der Waals surface area contributed by atoms with Crippen molar-refractivity contribution in [1.82, 2.24) is 4.98 Å². The van der Waals surface area contributed by atoms with E-state index < -0.39 is 0 Å². The van der Waals surface area contributed by atoms with Crippen LogP contribution in [0, 0.1) is 0 Å². The monoisotopic (exact) mass is 398 g/mol. The predicted octanol–water partition coefficient (Wildman–Crippen LogP) is 4.63. The second kappa shape index (κ2) is 7.81. The molecule has 1 amide bonds. The van der Waals surface area contributed by atoms with Gasteiger partial charge in [-0.15, -0.1) is 0 Å². The van der Waals surface area contributed by atoms with Gasteiger partial charge >= 0.3 is 0 Å². The Hall–Kier alpha value is -2.86. The Kier molecular flexibility index (Phi) is 5.30. The van der Waals surface area contributed by atoms with Gasteiger partial charge in [-0.05, 0) is 64.0 Å². The molecule has 0 aliphatic carbocycles. The minimum absolute atomic E-state index is 0.281. The Morgan fingerprint density at radius 2 is 2.00 bits per heavy atom. The molecule has 3 aromatic rings. The number of furan rings is 1. The highest BCUT2D eigenvalue weighted by Crippen LogP contribution is 2.23. The van der Waals surface area contributed by atoms with Crippen LogP contribution in [0.15, 0.2) is 69.9 Å². The minimum atomic E-state index is -0.281. The molecule has 2 heterocycles. The molecule has 0 aliphatic rings. The number of carbonyl (C=O) groups is 1. The summed E-state index contributed by atoms with van der Waals surface area (Å²) < 4.78 is 11.4. The first-order valence-corrected chi connectivity index (χ1v) is 8.27. The van der Waals surface area contributed by atoms with Crippen molar-refractivity contribution in [3.63, 3.8) is 0 Å². The lowest BCUT2D eigenvalue weighted by Gasteiger charge is -2.09. The number of amides is 1. The molecule has 3 rings (SSSR count). The molecule has 1 N–H and O–H groups in total. The maximum absolute atomic E-state index is 12.8. The Balaban J connectivity index is 1.92.